The lowest BCUT2D eigenvalue weighted by Gasteiger charge is -2.20. The van der Waals surface area contributed by atoms with Crippen molar-refractivity contribution in [3.05, 3.63) is 102 Å². The Kier molecular flexibility index (Phi) is 6.73. The standard InChI is InChI=1S/C29H28N4OS/c1-21-17-22(2)28-26(18-21)31-29(35-28)33(15-6-14-32-16-13-30-20-32)27(34)19-23-9-11-25(12-10-23)24-7-4-3-5-8-24/h3-5,7-13,16-18,20H,6,14-15,19H2,1-2H3. The van der Waals surface area contributed by atoms with Crippen molar-refractivity contribution in [2.45, 2.75) is 33.2 Å². The fourth-order valence-corrected chi connectivity index (χ4v) is 5.41. The molecule has 0 bridgehead atoms. The van der Waals surface area contributed by atoms with Crippen LogP contribution < -0.4 is 4.90 Å². The minimum Gasteiger partial charge on any atom is -0.337 e. The number of imidazole rings is 1. The van der Waals surface area contributed by atoms with E-state index in [1.807, 2.05) is 40.2 Å². The number of aromatic nitrogens is 3. The van der Waals surface area contributed by atoms with Crippen LogP contribution in [0.5, 0.6) is 0 Å². The number of hydrogen-bond donors (Lipinski definition) is 0. The number of fused-ring (bicyclic) bond motifs is 1. The van der Waals surface area contributed by atoms with Gasteiger partial charge in [-0.1, -0.05) is 72.0 Å². The molecule has 0 saturated heterocycles. The van der Waals surface area contributed by atoms with E-state index in [1.165, 1.54) is 16.7 Å². The number of nitrogens with zero attached hydrogens (tertiary/aromatic N) is 4. The van der Waals surface area contributed by atoms with Crippen LogP contribution in [0, 0.1) is 13.8 Å². The van der Waals surface area contributed by atoms with Crippen LogP contribution in [0.25, 0.3) is 21.3 Å². The second kappa shape index (κ2) is 10.2. The van der Waals surface area contributed by atoms with Crippen molar-refractivity contribution in [3.63, 3.8) is 0 Å². The number of carbonyl (C=O) groups excluding carboxylic acids is 1. The first-order valence-electron chi connectivity index (χ1n) is 11.8. The Hall–Kier alpha value is -3.77. The molecule has 0 atom stereocenters. The Labute approximate surface area is 209 Å². The maximum atomic E-state index is 13.6. The second-order valence-electron chi connectivity index (χ2n) is 8.87. The fourth-order valence-electron chi connectivity index (χ4n) is 4.35. The monoisotopic (exact) mass is 480 g/mol. The van der Waals surface area contributed by atoms with Crippen molar-refractivity contribution < 1.29 is 4.79 Å². The van der Waals surface area contributed by atoms with Gasteiger partial charge in [-0.05, 0) is 54.2 Å². The van der Waals surface area contributed by atoms with Crippen LogP contribution in [0.15, 0.2) is 85.5 Å². The average molecular weight is 481 g/mol. The molecule has 176 valence electrons. The maximum Gasteiger partial charge on any atom is 0.233 e. The summed E-state index contributed by atoms with van der Waals surface area (Å²) in [5.41, 5.74) is 6.67. The summed E-state index contributed by atoms with van der Waals surface area (Å²) in [6.45, 7) is 5.60. The first-order chi connectivity index (χ1) is 17.1. The zero-order valence-electron chi connectivity index (χ0n) is 20.0. The lowest BCUT2D eigenvalue weighted by molar-refractivity contribution is -0.118. The van der Waals surface area contributed by atoms with Gasteiger partial charge >= 0.3 is 0 Å². The second-order valence-corrected chi connectivity index (χ2v) is 9.84. The molecule has 0 aliphatic heterocycles. The van der Waals surface area contributed by atoms with Gasteiger partial charge < -0.3 is 4.57 Å². The average Bonchev–Trinajstić information content (AvgIpc) is 3.53. The summed E-state index contributed by atoms with van der Waals surface area (Å²) in [4.78, 5) is 24.4. The van der Waals surface area contributed by atoms with E-state index in [9.17, 15) is 4.79 Å². The van der Waals surface area contributed by atoms with Crippen molar-refractivity contribution in [1.29, 1.82) is 0 Å². The van der Waals surface area contributed by atoms with Gasteiger partial charge in [0, 0.05) is 25.5 Å². The van der Waals surface area contributed by atoms with Crippen molar-refractivity contribution in [2.75, 3.05) is 11.4 Å². The van der Waals surface area contributed by atoms with E-state index in [0.29, 0.717) is 13.0 Å². The molecular formula is C29H28N4OS. The van der Waals surface area contributed by atoms with Crippen LogP contribution in [-0.2, 0) is 17.8 Å². The molecule has 1 amide bonds. The normalized spacial score (nSPS) is 11.1. The molecule has 0 aliphatic carbocycles. The number of thiazole rings is 1. The number of hydrogen-bond acceptors (Lipinski definition) is 4. The smallest absolute Gasteiger partial charge is 0.233 e. The molecule has 2 heterocycles. The number of carbonyl (C=O) groups is 1. The van der Waals surface area contributed by atoms with Gasteiger partial charge in [-0.25, -0.2) is 9.97 Å². The van der Waals surface area contributed by atoms with Gasteiger partial charge in [0.25, 0.3) is 0 Å². The topological polar surface area (TPSA) is 51.0 Å². The lowest BCUT2D eigenvalue weighted by atomic mass is 10.0. The number of aryl methyl sites for hydroxylation is 3. The van der Waals surface area contributed by atoms with Gasteiger partial charge in [-0.2, -0.15) is 0 Å². The molecule has 0 radical (unpaired) electrons. The van der Waals surface area contributed by atoms with E-state index in [2.05, 4.69) is 67.4 Å². The molecule has 3 aromatic carbocycles. The number of rotatable bonds is 8. The molecule has 0 fully saturated rings. The molecule has 5 aromatic rings. The molecule has 0 spiro atoms. The van der Waals surface area contributed by atoms with Crippen LogP contribution in [0.3, 0.4) is 0 Å². The number of benzene rings is 3. The van der Waals surface area contributed by atoms with Crippen LogP contribution in [0.2, 0.25) is 0 Å². The molecule has 0 saturated carbocycles. The summed E-state index contributed by atoms with van der Waals surface area (Å²) in [7, 11) is 0. The Balaban J connectivity index is 1.37. The fraction of sp³-hybridized carbons (Fsp3) is 0.207. The molecule has 5 nitrogen and oxygen atoms in total. The number of amides is 1. The van der Waals surface area contributed by atoms with E-state index in [-0.39, 0.29) is 5.91 Å². The van der Waals surface area contributed by atoms with Gasteiger partial charge in [0.2, 0.25) is 5.91 Å². The Morgan fingerprint density at radius 1 is 1.00 bits per heavy atom. The lowest BCUT2D eigenvalue weighted by Crippen LogP contribution is -2.33. The highest BCUT2D eigenvalue weighted by Gasteiger charge is 2.20. The quantitative estimate of drug-likeness (QED) is 0.257. The van der Waals surface area contributed by atoms with Crippen LogP contribution in [0.1, 0.15) is 23.1 Å². The summed E-state index contributed by atoms with van der Waals surface area (Å²) in [5, 5.41) is 0.769. The summed E-state index contributed by atoms with van der Waals surface area (Å²) in [6.07, 6.45) is 6.70. The zero-order chi connectivity index (χ0) is 24.2. The van der Waals surface area contributed by atoms with Crippen LogP contribution in [-0.4, -0.2) is 27.0 Å². The zero-order valence-corrected chi connectivity index (χ0v) is 20.8. The van der Waals surface area contributed by atoms with Crippen molar-refractivity contribution >= 4 is 32.6 Å². The highest BCUT2D eigenvalue weighted by molar-refractivity contribution is 7.22. The molecular weight excluding hydrogens is 452 g/mol. The Bertz CT molecular complexity index is 1420. The minimum absolute atomic E-state index is 0.0662. The Morgan fingerprint density at radius 2 is 1.77 bits per heavy atom. The third-order valence-corrected chi connectivity index (χ3v) is 7.34. The van der Waals surface area contributed by atoms with Crippen molar-refractivity contribution in [2.24, 2.45) is 0 Å². The largest absolute Gasteiger partial charge is 0.337 e. The van der Waals surface area contributed by atoms with Gasteiger partial charge in [0.05, 0.1) is 23.0 Å². The molecule has 35 heavy (non-hydrogen) atoms. The van der Waals surface area contributed by atoms with Gasteiger partial charge in [0.1, 0.15) is 0 Å². The molecule has 0 unspecified atom stereocenters. The molecule has 5 rings (SSSR count). The van der Waals surface area contributed by atoms with Crippen LogP contribution >= 0.6 is 11.3 Å². The molecule has 6 heteroatoms. The third-order valence-electron chi connectivity index (χ3n) is 6.11. The summed E-state index contributed by atoms with van der Waals surface area (Å²) >= 11 is 1.60. The van der Waals surface area contributed by atoms with Crippen molar-refractivity contribution in [1.82, 2.24) is 14.5 Å². The third kappa shape index (κ3) is 5.33. The summed E-state index contributed by atoms with van der Waals surface area (Å²) in [5.74, 6) is 0.0662. The van der Waals surface area contributed by atoms with Crippen LogP contribution in [0.4, 0.5) is 5.13 Å². The predicted molar refractivity (Wildman–Crippen MR) is 144 cm³/mol. The van der Waals surface area contributed by atoms with E-state index < -0.39 is 0 Å². The van der Waals surface area contributed by atoms with E-state index in [4.69, 9.17) is 4.98 Å². The van der Waals surface area contributed by atoms with Crippen molar-refractivity contribution in [3.8, 4) is 11.1 Å². The Morgan fingerprint density at radius 3 is 2.51 bits per heavy atom. The summed E-state index contributed by atoms with van der Waals surface area (Å²) in [6, 6.07) is 22.8. The minimum atomic E-state index is 0.0662. The first-order valence-corrected chi connectivity index (χ1v) is 12.7. The first kappa shape index (κ1) is 23.0. The maximum absolute atomic E-state index is 13.6. The van der Waals surface area contributed by atoms with Gasteiger partial charge in [0.15, 0.2) is 5.13 Å². The predicted octanol–water partition coefficient (Wildman–Crippen LogP) is 6.44. The van der Waals surface area contributed by atoms with Gasteiger partial charge in [-0.15, -0.1) is 0 Å². The SMILES string of the molecule is Cc1cc(C)c2sc(N(CCCn3ccnc3)C(=O)Cc3ccc(-c4ccccc4)cc3)nc2c1. The molecule has 2 aromatic heterocycles. The number of anilines is 1. The van der Waals surface area contributed by atoms with E-state index in [1.54, 1.807) is 17.5 Å². The highest BCUT2D eigenvalue weighted by atomic mass is 32.1. The van der Waals surface area contributed by atoms with Gasteiger partial charge in [-0.3, -0.25) is 9.69 Å². The van der Waals surface area contributed by atoms with E-state index in [0.717, 1.165) is 39.4 Å². The highest BCUT2D eigenvalue weighted by Crippen LogP contribution is 2.32. The summed E-state index contributed by atoms with van der Waals surface area (Å²) < 4.78 is 3.18. The molecule has 0 N–H and O–H groups in total. The molecule has 0 aliphatic rings. The van der Waals surface area contributed by atoms with E-state index >= 15 is 0 Å².